The quantitative estimate of drug-likeness (QED) is 0.741. The van der Waals surface area contributed by atoms with Crippen molar-refractivity contribution in [2.24, 2.45) is 11.1 Å². The Balaban J connectivity index is 0.00000243. The lowest BCUT2D eigenvalue weighted by atomic mass is 9.71. The van der Waals surface area contributed by atoms with E-state index in [9.17, 15) is 14.4 Å². The molecule has 0 bridgehead atoms. The molecule has 7 nitrogen and oxygen atoms in total. The average molecular weight is 388 g/mol. The largest absolute Gasteiger partial charge is 0.481 e. The van der Waals surface area contributed by atoms with Crippen LogP contribution in [0.3, 0.4) is 0 Å². The van der Waals surface area contributed by atoms with Crippen LogP contribution in [0.15, 0.2) is 0 Å². The number of nitrogens with two attached hydrogens (primary N) is 1. The normalized spacial score (nSPS) is 24.0. The Morgan fingerprint density at radius 2 is 1.88 bits per heavy atom. The second-order valence-electron chi connectivity index (χ2n) is 7.97. The fraction of sp³-hybridized carbons (Fsp3) is 0.833. The predicted molar refractivity (Wildman–Crippen MR) is 98.9 cm³/mol. The first kappa shape index (κ1) is 21.0. The van der Waals surface area contributed by atoms with Crippen LogP contribution in [0.25, 0.3) is 0 Å². The van der Waals surface area contributed by atoms with Gasteiger partial charge in [-0.25, -0.2) is 0 Å². The van der Waals surface area contributed by atoms with Crippen molar-refractivity contribution in [3.8, 4) is 0 Å². The molecule has 1 spiro atoms. The molecule has 3 aliphatic rings. The summed E-state index contributed by atoms with van der Waals surface area (Å²) >= 11 is 0. The molecule has 3 fully saturated rings. The first-order chi connectivity index (χ1) is 11.9. The summed E-state index contributed by atoms with van der Waals surface area (Å²) in [6.45, 7) is 2.15. The van der Waals surface area contributed by atoms with Crippen LogP contribution in [-0.2, 0) is 14.4 Å². The smallest absolute Gasteiger partial charge is 0.303 e. The van der Waals surface area contributed by atoms with Crippen LogP contribution in [0, 0.1) is 5.41 Å². The maximum atomic E-state index is 12.4. The van der Waals surface area contributed by atoms with Crippen molar-refractivity contribution >= 4 is 30.2 Å². The number of likely N-dealkylation sites (tertiary alicyclic amines) is 2. The third-order valence-corrected chi connectivity index (χ3v) is 6.33. The molecule has 0 aromatic heterocycles. The van der Waals surface area contributed by atoms with Gasteiger partial charge in [0.1, 0.15) is 0 Å². The van der Waals surface area contributed by atoms with Crippen molar-refractivity contribution in [2.75, 3.05) is 19.6 Å². The van der Waals surface area contributed by atoms with Crippen molar-refractivity contribution in [2.45, 2.75) is 69.9 Å². The predicted octanol–water partition coefficient (Wildman–Crippen LogP) is 1.38. The Hall–Kier alpha value is -1.34. The Kier molecular flexibility index (Phi) is 6.91. The standard InChI is InChI=1S/C18H29N3O4.ClH/c19-14(4-5-16(23)24)17(25)20-10-8-18(9-11-20)7-6-15(22)21(12-18)13-2-1-3-13;/h13-14H,1-12,19H2,(H,23,24);1H/t14-;/m0./s1. The van der Waals surface area contributed by atoms with E-state index in [1.165, 1.54) is 6.42 Å². The SMILES string of the molecule is Cl.N[C@@H](CCC(=O)O)C(=O)N1CCC2(CCC(=O)N(C3CCC3)C2)CC1. The van der Waals surface area contributed by atoms with Gasteiger partial charge < -0.3 is 20.6 Å². The van der Waals surface area contributed by atoms with E-state index < -0.39 is 12.0 Å². The molecule has 3 rings (SSSR count). The molecule has 2 aliphatic heterocycles. The van der Waals surface area contributed by atoms with Gasteiger partial charge in [0.05, 0.1) is 6.04 Å². The minimum absolute atomic E-state index is 0. The zero-order valence-corrected chi connectivity index (χ0v) is 16.0. The molecule has 148 valence electrons. The van der Waals surface area contributed by atoms with Crippen LogP contribution in [0.5, 0.6) is 0 Å². The summed E-state index contributed by atoms with van der Waals surface area (Å²) in [5.74, 6) is -0.771. The number of piperidine rings is 2. The van der Waals surface area contributed by atoms with Crippen LogP contribution in [0.4, 0.5) is 0 Å². The minimum atomic E-state index is -0.927. The molecule has 2 heterocycles. The van der Waals surface area contributed by atoms with Gasteiger partial charge in [-0.2, -0.15) is 0 Å². The van der Waals surface area contributed by atoms with E-state index in [1.807, 2.05) is 0 Å². The van der Waals surface area contributed by atoms with Crippen LogP contribution < -0.4 is 5.73 Å². The van der Waals surface area contributed by atoms with Gasteiger partial charge in [-0.3, -0.25) is 14.4 Å². The second kappa shape index (κ2) is 8.57. The lowest BCUT2D eigenvalue weighted by Crippen LogP contribution is -2.57. The van der Waals surface area contributed by atoms with Crippen molar-refractivity contribution in [1.82, 2.24) is 9.80 Å². The highest BCUT2D eigenvalue weighted by Gasteiger charge is 2.44. The fourth-order valence-electron chi connectivity index (χ4n) is 4.32. The lowest BCUT2D eigenvalue weighted by molar-refractivity contribution is -0.147. The molecule has 0 radical (unpaired) electrons. The average Bonchev–Trinajstić information content (AvgIpc) is 2.55. The monoisotopic (exact) mass is 387 g/mol. The molecule has 2 amide bonds. The highest BCUT2D eigenvalue weighted by Crippen LogP contribution is 2.42. The van der Waals surface area contributed by atoms with Crippen LogP contribution in [0.2, 0.25) is 0 Å². The Bertz CT molecular complexity index is 545. The molecule has 1 saturated carbocycles. The third kappa shape index (κ3) is 4.49. The summed E-state index contributed by atoms with van der Waals surface area (Å²) in [5.41, 5.74) is 6.01. The number of carbonyl (C=O) groups excluding carboxylic acids is 2. The van der Waals surface area contributed by atoms with Gasteiger partial charge in [-0.15, -0.1) is 12.4 Å². The van der Waals surface area contributed by atoms with E-state index in [-0.39, 0.29) is 36.6 Å². The Labute approximate surface area is 160 Å². The van der Waals surface area contributed by atoms with E-state index in [4.69, 9.17) is 10.8 Å². The number of carboxylic acids is 1. The van der Waals surface area contributed by atoms with Crippen LogP contribution >= 0.6 is 12.4 Å². The van der Waals surface area contributed by atoms with Crippen molar-refractivity contribution in [3.05, 3.63) is 0 Å². The second-order valence-corrected chi connectivity index (χ2v) is 7.97. The van der Waals surface area contributed by atoms with Crippen LogP contribution in [0.1, 0.15) is 57.8 Å². The third-order valence-electron chi connectivity index (χ3n) is 6.33. The number of carboxylic acid groups (broad SMARTS) is 1. The number of hydrogen-bond acceptors (Lipinski definition) is 4. The number of hydrogen-bond donors (Lipinski definition) is 2. The van der Waals surface area contributed by atoms with Gasteiger partial charge in [0.25, 0.3) is 0 Å². The summed E-state index contributed by atoms with van der Waals surface area (Å²) in [6, 6.07) is -0.293. The molecule has 0 unspecified atom stereocenters. The summed E-state index contributed by atoms with van der Waals surface area (Å²) in [7, 11) is 0. The van der Waals surface area contributed by atoms with Gasteiger partial charge in [0.2, 0.25) is 11.8 Å². The van der Waals surface area contributed by atoms with Crippen molar-refractivity contribution in [3.63, 3.8) is 0 Å². The van der Waals surface area contributed by atoms with Gasteiger partial charge in [-0.1, -0.05) is 0 Å². The maximum absolute atomic E-state index is 12.4. The number of amides is 2. The van der Waals surface area contributed by atoms with Gasteiger partial charge >= 0.3 is 5.97 Å². The zero-order valence-electron chi connectivity index (χ0n) is 15.2. The van der Waals surface area contributed by atoms with Gasteiger partial charge in [0, 0.05) is 38.5 Å². The molecule has 1 aliphatic carbocycles. The molecule has 0 aromatic carbocycles. The number of rotatable bonds is 5. The Morgan fingerprint density at radius 1 is 1.23 bits per heavy atom. The molecule has 26 heavy (non-hydrogen) atoms. The van der Waals surface area contributed by atoms with E-state index >= 15 is 0 Å². The molecular formula is C18H30ClN3O4. The highest BCUT2D eigenvalue weighted by molar-refractivity contribution is 5.85. The summed E-state index contributed by atoms with van der Waals surface area (Å²) < 4.78 is 0. The van der Waals surface area contributed by atoms with E-state index in [0.717, 1.165) is 38.6 Å². The lowest BCUT2D eigenvalue weighted by Gasteiger charge is -2.51. The molecule has 1 atom stereocenters. The summed E-state index contributed by atoms with van der Waals surface area (Å²) in [5, 5.41) is 8.72. The van der Waals surface area contributed by atoms with E-state index in [0.29, 0.717) is 31.5 Å². The first-order valence-electron chi connectivity index (χ1n) is 9.46. The Morgan fingerprint density at radius 3 is 2.42 bits per heavy atom. The molecule has 3 N–H and O–H groups in total. The van der Waals surface area contributed by atoms with Crippen LogP contribution in [-0.4, -0.2) is 64.4 Å². The van der Waals surface area contributed by atoms with Crippen molar-refractivity contribution < 1.29 is 19.5 Å². The summed E-state index contributed by atoms with van der Waals surface area (Å²) in [6.07, 6.45) is 6.93. The summed E-state index contributed by atoms with van der Waals surface area (Å²) in [4.78, 5) is 39.2. The zero-order chi connectivity index (χ0) is 18.0. The number of aliphatic carboxylic acids is 1. The number of nitrogens with zero attached hydrogens (tertiary/aromatic N) is 2. The van der Waals surface area contributed by atoms with E-state index in [1.54, 1.807) is 4.90 Å². The maximum Gasteiger partial charge on any atom is 0.303 e. The molecule has 0 aromatic rings. The fourth-order valence-corrected chi connectivity index (χ4v) is 4.32. The topological polar surface area (TPSA) is 104 Å². The minimum Gasteiger partial charge on any atom is -0.481 e. The number of carbonyl (C=O) groups is 3. The molecular weight excluding hydrogens is 358 g/mol. The van der Waals surface area contributed by atoms with E-state index in [2.05, 4.69) is 4.90 Å². The molecule has 8 heteroatoms. The first-order valence-corrected chi connectivity index (χ1v) is 9.46. The van der Waals surface area contributed by atoms with Gasteiger partial charge in [-0.05, 0) is 50.4 Å². The van der Waals surface area contributed by atoms with Gasteiger partial charge in [0.15, 0.2) is 0 Å². The highest BCUT2D eigenvalue weighted by atomic mass is 35.5. The van der Waals surface area contributed by atoms with Crippen molar-refractivity contribution in [1.29, 1.82) is 0 Å². The number of halogens is 1. The molecule has 2 saturated heterocycles.